The second-order valence-corrected chi connectivity index (χ2v) is 5.28. The molecule has 0 unspecified atom stereocenters. The molecule has 0 radical (unpaired) electrons. The van der Waals surface area contributed by atoms with E-state index in [1.807, 2.05) is 25.1 Å². The van der Waals surface area contributed by atoms with Crippen molar-refractivity contribution < 1.29 is 8.78 Å². The molecule has 0 aliphatic carbocycles. The highest BCUT2D eigenvalue weighted by Gasteiger charge is 2.13. The molecular weight excluding hydrogens is 314 g/mol. The van der Waals surface area contributed by atoms with Gasteiger partial charge in [-0.25, -0.2) is 13.8 Å². The van der Waals surface area contributed by atoms with E-state index < -0.39 is 11.6 Å². The maximum Gasteiger partial charge on any atom is 0.186 e. The predicted octanol–water partition coefficient (Wildman–Crippen LogP) is 4.58. The van der Waals surface area contributed by atoms with Gasteiger partial charge in [0.1, 0.15) is 11.3 Å². The van der Waals surface area contributed by atoms with Crippen molar-refractivity contribution in [1.82, 2.24) is 9.97 Å². The van der Waals surface area contributed by atoms with Gasteiger partial charge in [-0.2, -0.15) is 0 Å². The van der Waals surface area contributed by atoms with Gasteiger partial charge in [0.15, 0.2) is 11.6 Å². The summed E-state index contributed by atoms with van der Waals surface area (Å²) >= 11 is 3.40. The lowest BCUT2D eigenvalue weighted by Gasteiger charge is -2.00. The molecule has 0 saturated heterocycles. The van der Waals surface area contributed by atoms with Gasteiger partial charge in [0, 0.05) is 10.0 Å². The molecule has 1 aromatic heterocycles. The Labute approximate surface area is 116 Å². The van der Waals surface area contributed by atoms with Crippen LogP contribution in [0.2, 0.25) is 0 Å². The van der Waals surface area contributed by atoms with E-state index in [4.69, 9.17) is 0 Å². The fraction of sp³-hybridized carbons (Fsp3) is 0.0714. The Morgan fingerprint density at radius 2 is 1.95 bits per heavy atom. The monoisotopic (exact) mass is 322 g/mol. The zero-order valence-electron chi connectivity index (χ0n) is 9.97. The highest BCUT2D eigenvalue weighted by atomic mass is 79.9. The summed E-state index contributed by atoms with van der Waals surface area (Å²) in [4.78, 5) is 7.13. The lowest BCUT2D eigenvalue weighted by molar-refractivity contribution is 0.515. The number of hydrogen-bond acceptors (Lipinski definition) is 1. The standard InChI is InChI=1S/C14H9BrF2N2/c1-7-4-8(6-9(15)5-7)14-18-11-3-2-10(16)12(17)13(11)19-14/h2-6H,1H3,(H,18,19). The molecule has 0 bridgehead atoms. The first-order chi connectivity index (χ1) is 9.04. The minimum absolute atomic E-state index is 0.0210. The number of fused-ring (bicyclic) bond motifs is 1. The summed E-state index contributed by atoms with van der Waals surface area (Å²) < 4.78 is 27.7. The summed E-state index contributed by atoms with van der Waals surface area (Å²) in [5.41, 5.74) is 2.37. The number of nitrogens with zero attached hydrogens (tertiary/aromatic N) is 1. The maximum absolute atomic E-state index is 13.6. The zero-order valence-corrected chi connectivity index (χ0v) is 11.6. The van der Waals surface area contributed by atoms with E-state index >= 15 is 0 Å². The summed E-state index contributed by atoms with van der Waals surface area (Å²) in [7, 11) is 0. The highest BCUT2D eigenvalue weighted by Crippen LogP contribution is 2.26. The van der Waals surface area contributed by atoms with E-state index in [1.165, 1.54) is 6.07 Å². The van der Waals surface area contributed by atoms with Crippen LogP contribution in [0.1, 0.15) is 5.56 Å². The minimum Gasteiger partial charge on any atom is -0.338 e. The van der Waals surface area contributed by atoms with Crippen molar-refractivity contribution >= 4 is 27.0 Å². The zero-order chi connectivity index (χ0) is 13.6. The van der Waals surface area contributed by atoms with Gasteiger partial charge in [0.05, 0.1) is 5.52 Å². The van der Waals surface area contributed by atoms with Crippen LogP contribution in [0, 0.1) is 18.6 Å². The van der Waals surface area contributed by atoms with Crippen LogP contribution >= 0.6 is 15.9 Å². The van der Waals surface area contributed by atoms with E-state index in [0.29, 0.717) is 11.3 Å². The van der Waals surface area contributed by atoms with Crippen LogP contribution in [-0.4, -0.2) is 9.97 Å². The molecule has 19 heavy (non-hydrogen) atoms. The molecule has 1 heterocycles. The topological polar surface area (TPSA) is 28.7 Å². The highest BCUT2D eigenvalue weighted by molar-refractivity contribution is 9.10. The van der Waals surface area contributed by atoms with Crippen LogP contribution in [0.25, 0.3) is 22.4 Å². The van der Waals surface area contributed by atoms with Gasteiger partial charge in [-0.3, -0.25) is 0 Å². The Hall–Kier alpha value is -1.75. The normalized spacial score (nSPS) is 11.2. The van der Waals surface area contributed by atoms with Gasteiger partial charge in [-0.15, -0.1) is 0 Å². The molecule has 2 aromatic carbocycles. The number of H-pyrrole nitrogens is 1. The average molecular weight is 323 g/mol. The molecule has 2 nitrogen and oxygen atoms in total. The number of hydrogen-bond donors (Lipinski definition) is 1. The van der Waals surface area contributed by atoms with Gasteiger partial charge in [-0.05, 0) is 42.8 Å². The molecule has 0 spiro atoms. The third-order valence-corrected chi connectivity index (χ3v) is 3.32. The Morgan fingerprint density at radius 1 is 1.16 bits per heavy atom. The van der Waals surface area contributed by atoms with Crippen LogP contribution in [0.4, 0.5) is 8.78 Å². The number of aryl methyl sites for hydroxylation is 1. The van der Waals surface area contributed by atoms with Crippen molar-refractivity contribution in [3.63, 3.8) is 0 Å². The first kappa shape index (κ1) is 12.3. The maximum atomic E-state index is 13.6. The Kier molecular flexibility index (Phi) is 2.86. The number of benzene rings is 2. The molecule has 96 valence electrons. The quantitative estimate of drug-likeness (QED) is 0.698. The van der Waals surface area contributed by atoms with Gasteiger partial charge in [0.25, 0.3) is 0 Å². The molecule has 0 atom stereocenters. The number of aromatic amines is 1. The molecular formula is C14H9BrF2N2. The van der Waals surface area contributed by atoms with E-state index in [0.717, 1.165) is 21.7 Å². The largest absolute Gasteiger partial charge is 0.338 e. The molecule has 0 amide bonds. The molecule has 0 aliphatic heterocycles. The Morgan fingerprint density at radius 3 is 2.68 bits per heavy atom. The van der Waals surface area contributed by atoms with Crippen molar-refractivity contribution in [3.05, 3.63) is 52.0 Å². The van der Waals surface area contributed by atoms with Crippen molar-refractivity contribution in [2.75, 3.05) is 0 Å². The summed E-state index contributed by atoms with van der Waals surface area (Å²) in [6, 6.07) is 8.34. The number of aromatic nitrogens is 2. The molecule has 5 heteroatoms. The van der Waals surface area contributed by atoms with E-state index in [2.05, 4.69) is 25.9 Å². The number of rotatable bonds is 1. The molecule has 1 N–H and O–H groups in total. The first-order valence-corrected chi connectivity index (χ1v) is 6.45. The predicted molar refractivity (Wildman–Crippen MR) is 73.9 cm³/mol. The van der Waals surface area contributed by atoms with Gasteiger partial charge >= 0.3 is 0 Å². The van der Waals surface area contributed by atoms with Crippen LogP contribution in [-0.2, 0) is 0 Å². The number of imidazole rings is 1. The Balaban J connectivity index is 2.23. The third kappa shape index (κ3) is 2.14. The van der Waals surface area contributed by atoms with Gasteiger partial charge < -0.3 is 4.98 Å². The molecule has 3 rings (SSSR count). The first-order valence-electron chi connectivity index (χ1n) is 5.66. The van der Waals surface area contributed by atoms with Crippen molar-refractivity contribution in [3.8, 4) is 11.4 Å². The van der Waals surface area contributed by atoms with Gasteiger partial charge in [-0.1, -0.05) is 15.9 Å². The summed E-state index contributed by atoms with van der Waals surface area (Å²) in [6.45, 7) is 1.96. The van der Waals surface area contributed by atoms with E-state index in [-0.39, 0.29) is 5.52 Å². The fourth-order valence-electron chi connectivity index (χ4n) is 2.03. The van der Waals surface area contributed by atoms with Crippen LogP contribution in [0.5, 0.6) is 0 Å². The van der Waals surface area contributed by atoms with Crippen molar-refractivity contribution in [2.45, 2.75) is 6.92 Å². The fourth-order valence-corrected chi connectivity index (χ4v) is 2.63. The van der Waals surface area contributed by atoms with E-state index in [9.17, 15) is 8.78 Å². The Bertz CT molecular complexity index is 760. The summed E-state index contributed by atoms with van der Waals surface area (Å²) in [5.74, 6) is -1.30. The smallest absolute Gasteiger partial charge is 0.186 e. The van der Waals surface area contributed by atoms with Gasteiger partial charge in [0.2, 0.25) is 0 Å². The van der Waals surface area contributed by atoms with Crippen LogP contribution in [0.15, 0.2) is 34.8 Å². The number of nitrogens with one attached hydrogen (secondary N) is 1. The second-order valence-electron chi connectivity index (χ2n) is 4.36. The lowest BCUT2D eigenvalue weighted by Crippen LogP contribution is -1.85. The summed E-state index contributed by atoms with van der Waals surface area (Å²) in [5, 5.41) is 0. The SMILES string of the molecule is Cc1cc(Br)cc(-c2nc3c(F)c(F)ccc3[nH]2)c1. The molecule has 0 saturated carbocycles. The van der Waals surface area contributed by atoms with Crippen LogP contribution in [0.3, 0.4) is 0 Å². The average Bonchev–Trinajstić information content (AvgIpc) is 2.77. The van der Waals surface area contributed by atoms with Crippen LogP contribution < -0.4 is 0 Å². The minimum atomic E-state index is -0.924. The second kappa shape index (κ2) is 4.42. The van der Waals surface area contributed by atoms with Crippen molar-refractivity contribution in [2.24, 2.45) is 0 Å². The molecule has 0 fully saturated rings. The van der Waals surface area contributed by atoms with E-state index in [1.54, 1.807) is 0 Å². The third-order valence-electron chi connectivity index (χ3n) is 2.86. The molecule has 0 aliphatic rings. The number of halogens is 3. The molecule has 3 aromatic rings. The lowest BCUT2D eigenvalue weighted by atomic mass is 10.1. The van der Waals surface area contributed by atoms with Crippen molar-refractivity contribution in [1.29, 1.82) is 0 Å². The summed E-state index contributed by atoms with van der Waals surface area (Å²) in [6.07, 6.45) is 0.